The summed E-state index contributed by atoms with van der Waals surface area (Å²) in [6.07, 6.45) is 2.56. The minimum atomic E-state index is -0.494. The molecular formula is C23H22FN3O3. The van der Waals surface area contributed by atoms with Crippen molar-refractivity contribution >= 4 is 5.91 Å². The molecule has 0 saturated carbocycles. The third-order valence-electron chi connectivity index (χ3n) is 5.99. The van der Waals surface area contributed by atoms with Crippen LogP contribution in [0.5, 0.6) is 5.75 Å². The molecule has 30 heavy (non-hydrogen) atoms. The van der Waals surface area contributed by atoms with Gasteiger partial charge in [-0.2, -0.15) is 0 Å². The molecule has 1 fully saturated rings. The number of rotatable bonds is 3. The van der Waals surface area contributed by atoms with E-state index < -0.39 is 11.4 Å². The predicted molar refractivity (Wildman–Crippen MR) is 109 cm³/mol. The fourth-order valence-corrected chi connectivity index (χ4v) is 4.32. The zero-order valence-electron chi connectivity index (χ0n) is 16.7. The lowest BCUT2D eigenvalue weighted by molar-refractivity contribution is -0.0804. The zero-order chi connectivity index (χ0) is 20.7. The third-order valence-corrected chi connectivity index (χ3v) is 5.99. The first kappa shape index (κ1) is 18.8. The molecule has 0 aliphatic carbocycles. The van der Waals surface area contributed by atoms with Gasteiger partial charge in [0.05, 0.1) is 37.7 Å². The second kappa shape index (κ2) is 7.25. The van der Waals surface area contributed by atoms with Gasteiger partial charge in [0.25, 0.3) is 5.91 Å². The molecule has 0 radical (unpaired) electrons. The molecule has 6 nitrogen and oxygen atoms in total. The number of imidazole rings is 1. The predicted octanol–water partition coefficient (Wildman–Crippen LogP) is 3.51. The second-order valence-corrected chi connectivity index (χ2v) is 7.80. The Morgan fingerprint density at radius 1 is 1.17 bits per heavy atom. The van der Waals surface area contributed by atoms with Crippen LogP contribution in [0.2, 0.25) is 0 Å². The summed E-state index contributed by atoms with van der Waals surface area (Å²) in [6, 6.07) is 14.0. The molecule has 5 rings (SSSR count). The number of benzene rings is 2. The lowest BCUT2D eigenvalue weighted by Crippen LogP contribution is -2.45. The first-order chi connectivity index (χ1) is 14.6. The van der Waals surface area contributed by atoms with E-state index in [1.807, 2.05) is 30.5 Å². The van der Waals surface area contributed by atoms with Gasteiger partial charge in [-0.05, 0) is 42.8 Å². The Balaban J connectivity index is 1.38. The number of halogens is 1. The Hall–Kier alpha value is -3.19. The van der Waals surface area contributed by atoms with Gasteiger partial charge < -0.3 is 18.9 Å². The summed E-state index contributed by atoms with van der Waals surface area (Å²) in [5.74, 6) is 0.882. The number of carbonyl (C=O) groups is 1. The molecule has 2 aliphatic heterocycles. The summed E-state index contributed by atoms with van der Waals surface area (Å²) in [5.41, 5.74) is 1.67. The number of hydrogen-bond donors (Lipinski definition) is 0. The van der Waals surface area contributed by atoms with E-state index in [-0.39, 0.29) is 11.5 Å². The number of carbonyl (C=O) groups excluding carboxylic acids is 1. The minimum Gasteiger partial charge on any atom is -0.497 e. The highest BCUT2D eigenvalue weighted by Crippen LogP contribution is 2.36. The smallest absolute Gasteiger partial charge is 0.256 e. The number of fused-ring (bicyclic) bond motifs is 1. The van der Waals surface area contributed by atoms with Crippen LogP contribution in [0, 0.1) is 5.82 Å². The fraction of sp³-hybridized carbons (Fsp3) is 0.304. The molecule has 1 amide bonds. The quantitative estimate of drug-likeness (QED) is 0.667. The highest BCUT2D eigenvalue weighted by atomic mass is 19.1. The van der Waals surface area contributed by atoms with Gasteiger partial charge >= 0.3 is 0 Å². The first-order valence-corrected chi connectivity index (χ1v) is 9.95. The maximum atomic E-state index is 14.1. The third kappa shape index (κ3) is 3.15. The Labute approximate surface area is 173 Å². The number of nitrogens with zero attached hydrogens (tertiary/aromatic N) is 3. The van der Waals surface area contributed by atoms with E-state index in [0.717, 1.165) is 22.8 Å². The molecule has 0 N–H and O–H groups in total. The molecule has 154 valence electrons. The SMILES string of the molecule is COc1ccc(-c2cnc3n2C[C@@]2(CCN(C(=O)c4ccccc4F)C2)OC3)cc1. The van der Waals surface area contributed by atoms with Gasteiger partial charge in [0.1, 0.15) is 29.6 Å². The highest BCUT2D eigenvalue weighted by molar-refractivity contribution is 5.94. The number of likely N-dealkylation sites (tertiary alicyclic amines) is 1. The van der Waals surface area contributed by atoms with E-state index in [9.17, 15) is 9.18 Å². The van der Waals surface area contributed by atoms with E-state index in [4.69, 9.17) is 9.47 Å². The Morgan fingerprint density at radius 2 is 1.97 bits per heavy atom. The molecule has 2 aromatic carbocycles. The second-order valence-electron chi connectivity index (χ2n) is 7.80. The van der Waals surface area contributed by atoms with E-state index >= 15 is 0 Å². The van der Waals surface area contributed by atoms with Gasteiger partial charge in [0, 0.05) is 12.1 Å². The number of hydrogen-bond acceptors (Lipinski definition) is 4. The van der Waals surface area contributed by atoms with Crippen LogP contribution < -0.4 is 4.74 Å². The van der Waals surface area contributed by atoms with Crippen molar-refractivity contribution in [1.82, 2.24) is 14.5 Å². The Kier molecular flexibility index (Phi) is 4.55. The molecule has 3 heterocycles. The molecule has 0 unspecified atom stereocenters. The maximum absolute atomic E-state index is 14.1. The van der Waals surface area contributed by atoms with Gasteiger partial charge in [0.15, 0.2) is 0 Å². The van der Waals surface area contributed by atoms with Crippen molar-refractivity contribution in [1.29, 1.82) is 0 Å². The molecule has 2 aliphatic rings. The molecular weight excluding hydrogens is 385 g/mol. The summed E-state index contributed by atoms with van der Waals surface area (Å²) >= 11 is 0. The van der Waals surface area contributed by atoms with Crippen molar-refractivity contribution in [2.45, 2.75) is 25.2 Å². The average Bonchev–Trinajstić information content (AvgIpc) is 3.38. The van der Waals surface area contributed by atoms with E-state index in [1.165, 1.54) is 12.1 Å². The molecule has 3 aromatic rings. The van der Waals surface area contributed by atoms with E-state index in [1.54, 1.807) is 24.1 Å². The molecule has 7 heteroatoms. The number of ether oxygens (including phenoxy) is 2. The van der Waals surface area contributed by atoms with Crippen LogP contribution in [0.1, 0.15) is 22.6 Å². The number of aromatic nitrogens is 2. The monoisotopic (exact) mass is 407 g/mol. The van der Waals surface area contributed by atoms with Gasteiger partial charge in [0.2, 0.25) is 0 Å². The molecule has 1 spiro atoms. The first-order valence-electron chi connectivity index (χ1n) is 9.95. The lowest BCUT2D eigenvalue weighted by Gasteiger charge is -2.35. The molecule has 1 atom stereocenters. The standard InChI is InChI=1S/C23H22FN3O3/c1-29-17-8-6-16(7-9-17)20-12-25-21-13-30-23(15-27(20)21)10-11-26(14-23)22(28)18-4-2-3-5-19(18)24/h2-9,12H,10-11,13-15H2,1H3/t23-/m0/s1. The van der Waals surface area contributed by atoms with Crippen LogP contribution in [0.4, 0.5) is 4.39 Å². The summed E-state index contributed by atoms with van der Waals surface area (Å²) in [7, 11) is 1.64. The summed E-state index contributed by atoms with van der Waals surface area (Å²) in [4.78, 5) is 19.0. The van der Waals surface area contributed by atoms with Crippen LogP contribution in [0.15, 0.2) is 54.7 Å². The summed E-state index contributed by atoms with van der Waals surface area (Å²) in [5, 5.41) is 0. The topological polar surface area (TPSA) is 56.6 Å². The van der Waals surface area contributed by atoms with Crippen molar-refractivity contribution in [2.75, 3.05) is 20.2 Å². The minimum absolute atomic E-state index is 0.104. The number of amides is 1. The van der Waals surface area contributed by atoms with Crippen LogP contribution >= 0.6 is 0 Å². The lowest BCUT2D eigenvalue weighted by atomic mass is 10.0. The van der Waals surface area contributed by atoms with Crippen molar-refractivity contribution in [3.05, 3.63) is 71.9 Å². The average molecular weight is 407 g/mol. The summed E-state index contributed by atoms with van der Waals surface area (Å²) in [6.45, 7) is 1.96. The van der Waals surface area contributed by atoms with Gasteiger partial charge in [-0.25, -0.2) is 9.37 Å². The van der Waals surface area contributed by atoms with E-state index in [2.05, 4.69) is 9.55 Å². The van der Waals surface area contributed by atoms with Crippen molar-refractivity contribution in [3.8, 4) is 17.0 Å². The molecule has 1 saturated heterocycles. The normalized spacial score (nSPS) is 20.4. The van der Waals surface area contributed by atoms with Gasteiger partial charge in [-0.15, -0.1) is 0 Å². The van der Waals surface area contributed by atoms with Gasteiger partial charge in [-0.1, -0.05) is 12.1 Å². The number of methoxy groups -OCH3 is 1. The Bertz CT molecular complexity index is 1100. The Morgan fingerprint density at radius 3 is 2.73 bits per heavy atom. The van der Waals surface area contributed by atoms with Crippen LogP contribution in [0.25, 0.3) is 11.3 Å². The van der Waals surface area contributed by atoms with E-state index in [0.29, 0.717) is 32.7 Å². The largest absolute Gasteiger partial charge is 0.497 e. The molecule has 0 bridgehead atoms. The van der Waals surface area contributed by atoms with Crippen LogP contribution in [-0.2, 0) is 17.9 Å². The zero-order valence-corrected chi connectivity index (χ0v) is 16.7. The van der Waals surface area contributed by atoms with Crippen molar-refractivity contribution in [2.24, 2.45) is 0 Å². The van der Waals surface area contributed by atoms with Gasteiger partial charge in [-0.3, -0.25) is 4.79 Å². The highest BCUT2D eigenvalue weighted by Gasteiger charge is 2.44. The maximum Gasteiger partial charge on any atom is 0.256 e. The van der Waals surface area contributed by atoms with Crippen LogP contribution in [0.3, 0.4) is 0 Å². The van der Waals surface area contributed by atoms with Crippen molar-refractivity contribution < 1.29 is 18.7 Å². The van der Waals surface area contributed by atoms with Crippen molar-refractivity contribution in [3.63, 3.8) is 0 Å². The van der Waals surface area contributed by atoms with Crippen LogP contribution in [-0.4, -0.2) is 46.2 Å². The fourth-order valence-electron chi connectivity index (χ4n) is 4.32. The molecule has 1 aromatic heterocycles. The summed E-state index contributed by atoms with van der Waals surface area (Å²) < 4.78 is 27.7.